The number of anilines is 1. The van der Waals surface area contributed by atoms with Crippen molar-refractivity contribution in [2.75, 3.05) is 31.6 Å². The summed E-state index contributed by atoms with van der Waals surface area (Å²) in [7, 11) is 2.23. The van der Waals surface area contributed by atoms with E-state index in [1.54, 1.807) is 0 Å². The van der Waals surface area contributed by atoms with Crippen LogP contribution < -0.4 is 10.6 Å². The maximum absolute atomic E-state index is 6.01. The molecule has 3 nitrogen and oxygen atoms in total. The van der Waals surface area contributed by atoms with Crippen molar-refractivity contribution < 1.29 is 0 Å². The van der Waals surface area contributed by atoms with E-state index in [9.17, 15) is 0 Å². The first-order chi connectivity index (χ1) is 10.0. The number of hydrogen-bond donors (Lipinski definition) is 1. The van der Waals surface area contributed by atoms with E-state index in [1.807, 2.05) is 0 Å². The van der Waals surface area contributed by atoms with Crippen molar-refractivity contribution in [1.29, 1.82) is 0 Å². The van der Waals surface area contributed by atoms with Gasteiger partial charge in [0.25, 0.3) is 0 Å². The van der Waals surface area contributed by atoms with E-state index in [0.29, 0.717) is 6.04 Å². The Morgan fingerprint density at radius 3 is 2.62 bits per heavy atom. The lowest BCUT2D eigenvalue weighted by Crippen LogP contribution is -2.43. The number of nitrogens with two attached hydrogens (primary N) is 1. The number of hydrogen-bond acceptors (Lipinski definition) is 3. The van der Waals surface area contributed by atoms with Crippen molar-refractivity contribution in [3.8, 4) is 0 Å². The van der Waals surface area contributed by atoms with Crippen molar-refractivity contribution in [2.24, 2.45) is 5.73 Å². The molecule has 118 valence electrons. The molecule has 4 heteroatoms. The summed E-state index contributed by atoms with van der Waals surface area (Å²) in [5.41, 5.74) is 8.69. The van der Waals surface area contributed by atoms with Gasteiger partial charge in [-0.05, 0) is 50.4 Å². The molecule has 0 aliphatic carbocycles. The number of likely N-dealkylation sites (tertiary alicyclic amines) is 1. The molecular weight excluding hydrogens is 326 g/mol. The van der Waals surface area contributed by atoms with Crippen LogP contribution in [0.5, 0.6) is 0 Å². The second kappa shape index (κ2) is 7.61. The van der Waals surface area contributed by atoms with Gasteiger partial charge in [-0.25, -0.2) is 0 Å². The molecule has 1 atom stereocenters. The fraction of sp³-hybridized carbons (Fsp3) is 0.647. The topological polar surface area (TPSA) is 32.5 Å². The SMILES string of the molecule is CCN1CCC(N(C)c2cc(Br)ccc2CC(C)N)CC1. The van der Waals surface area contributed by atoms with E-state index in [-0.39, 0.29) is 6.04 Å². The molecule has 1 saturated heterocycles. The summed E-state index contributed by atoms with van der Waals surface area (Å²) in [4.78, 5) is 5.00. The minimum Gasteiger partial charge on any atom is -0.371 e. The van der Waals surface area contributed by atoms with Crippen LogP contribution in [0.15, 0.2) is 22.7 Å². The number of benzene rings is 1. The standard InChI is InChI=1S/C17H28BrN3/c1-4-21-9-7-16(8-10-21)20(3)17-12-15(18)6-5-14(17)11-13(2)19/h5-6,12-13,16H,4,7-11,19H2,1-3H3. The molecule has 1 aromatic carbocycles. The first kappa shape index (κ1) is 16.8. The van der Waals surface area contributed by atoms with Gasteiger partial charge in [0.05, 0.1) is 0 Å². The van der Waals surface area contributed by atoms with Crippen molar-refractivity contribution >= 4 is 21.6 Å². The van der Waals surface area contributed by atoms with Crippen LogP contribution in [0, 0.1) is 0 Å². The normalized spacial score (nSPS) is 18.7. The van der Waals surface area contributed by atoms with Gasteiger partial charge in [-0.3, -0.25) is 0 Å². The van der Waals surface area contributed by atoms with E-state index in [0.717, 1.165) is 10.9 Å². The molecule has 0 radical (unpaired) electrons. The zero-order valence-electron chi connectivity index (χ0n) is 13.5. The first-order valence-electron chi connectivity index (χ1n) is 8.00. The van der Waals surface area contributed by atoms with E-state index in [4.69, 9.17) is 5.73 Å². The molecular formula is C17H28BrN3. The maximum atomic E-state index is 6.01. The Balaban J connectivity index is 2.14. The Labute approximate surface area is 137 Å². The van der Waals surface area contributed by atoms with Crippen molar-refractivity contribution in [3.05, 3.63) is 28.2 Å². The fourth-order valence-electron chi connectivity index (χ4n) is 3.20. The van der Waals surface area contributed by atoms with Crippen LogP contribution in [0.3, 0.4) is 0 Å². The molecule has 2 N–H and O–H groups in total. The zero-order valence-corrected chi connectivity index (χ0v) is 15.1. The van der Waals surface area contributed by atoms with Gasteiger partial charge in [-0.2, -0.15) is 0 Å². The van der Waals surface area contributed by atoms with Gasteiger partial charge < -0.3 is 15.5 Å². The highest BCUT2D eigenvalue weighted by Gasteiger charge is 2.23. The third kappa shape index (κ3) is 4.44. The molecule has 1 heterocycles. The van der Waals surface area contributed by atoms with Crippen LogP contribution in [-0.2, 0) is 6.42 Å². The van der Waals surface area contributed by atoms with E-state index in [2.05, 4.69) is 64.8 Å². The summed E-state index contributed by atoms with van der Waals surface area (Å²) in [5.74, 6) is 0. The maximum Gasteiger partial charge on any atom is 0.0410 e. The van der Waals surface area contributed by atoms with Gasteiger partial charge in [0.15, 0.2) is 0 Å². The third-order valence-corrected chi connectivity index (χ3v) is 5.01. The number of piperidine rings is 1. The lowest BCUT2D eigenvalue weighted by atomic mass is 10.00. The summed E-state index contributed by atoms with van der Waals surface area (Å²) >= 11 is 3.61. The van der Waals surface area contributed by atoms with Gasteiger partial charge in [-0.1, -0.05) is 28.9 Å². The van der Waals surface area contributed by atoms with Crippen LogP contribution in [0.1, 0.15) is 32.3 Å². The van der Waals surface area contributed by atoms with Crippen molar-refractivity contribution in [3.63, 3.8) is 0 Å². The summed E-state index contributed by atoms with van der Waals surface area (Å²) in [6.45, 7) is 7.91. The summed E-state index contributed by atoms with van der Waals surface area (Å²) in [6, 6.07) is 7.40. The molecule has 1 aliphatic heterocycles. The van der Waals surface area contributed by atoms with Crippen LogP contribution in [-0.4, -0.2) is 43.7 Å². The first-order valence-corrected chi connectivity index (χ1v) is 8.79. The highest BCUT2D eigenvalue weighted by atomic mass is 79.9. The smallest absolute Gasteiger partial charge is 0.0410 e. The molecule has 1 unspecified atom stereocenters. The molecule has 0 spiro atoms. The van der Waals surface area contributed by atoms with Gasteiger partial charge >= 0.3 is 0 Å². The largest absolute Gasteiger partial charge is 0.371 e. The second-order valence-corrected chi connectivity index (χ2v) is 7.15. The minimum atomic E-state index is 0.195. The highest BCUT2D eigenvalue weighted by molar-refractivity contribution is 9.10. The molecule has 0 amide bonds. The molecule has 1 aromatic rings. The van der Waals surface area contributed by atoms with E-state index >= 15 is 0 Å². The van der Waals surface area contributed by atoms with Crippen LogP contribution in [0.25, 0.3) is 0 Å². The number of rotatable bonds is 5. The van der Waals surface area contributed by atoms with Gasteiger partial charge in [0.1, 0.15) is 0 Å². The summed E-state index contributed by atoms with van der Waals surface area (Å²) in [6.07, 6.45) is 3.42. The van der Waals surface area contributed by atoms with Gasteiger partial charge in [-0.15, -0.1) is 0 Å². The van der Waals surface area contributed by atoms with Crippen LogP contribution in [0.4, 0.5) is 5.69 Å². The number of halogens is 1. The third-order valence-electron chi connectivity index (χ3n) is 4.52. The quantitative estimate of drug-likeness (QED) is 0.881. The lowest BCUT2D eigenvalue weighted by Gasteiger charge is -2.38. The zero-order chi connectivity index (χ0) is 15.4. The molecule has 0 saturated carbocycles. The molecule has 0 bridgehead atoms. The Hall–Kier alpha value is -0.580. The Kier molecular flexibility index (Phi) is 6.08. The average Bonchev–Trinajstić information content (AvgIpc) is 2.48. The monoisotopic (exact) mass is 353 g/mol. The van der Waals surface area contributed by atoms with Gasteiger partial charge in [0, 0.05) is 42.4 Å². The minimum absolute atomic E-state index is 0.195. The molecule has 0 aromatic heterocycles. The van der Waals surface area contributed by atoms with E-state index in [1.165, 1.54) is 43.7 Å². The molecule has 1 fully saturated rings. The van der Waals surface area contributed by atoms with Crippen LogP contribution >= 0.6 is 15.9 Å². The Morgan fingerprint density at radius 2 is 2.05 bits per heavy atom. The summed E-state index contributed by atoms with van der Waals surface area (Å²) < 4.78 is 1.14. The summed E-state index contributed by atoms with van der Waals surface area (Å²) in [5, 5.41) is 0. The number of nitrogens with zero attached hydrogens (tertiary/aromatic N) is 2. The van der Waals surface area contributed by atoms with Crippen molar-refractivity contribution in [1.82, 2.24) is 4.90 Å². The predicted molar refractivity (Wildman–Crippen MR) is 95.0 cm³/mol. The highest BCUT2D eigenvalue weighted by Crippen LogP contribution is 2.29. The van der Waals surface area contributed by atoms with Crippen LogP contribution in [0.2, 0.25) is 0 Å². The van der Waals surface area contributed by atoms with E-state index < -0.39 is 0 Å². The molecule has 21 heavy (non-hydrogen) atoms. The lowest BCUT2D eigenvalue weighted by molar-refractivity contribution is 0.221. The molecule has 1 aliphatic rings. The molecule has 2 rings (SSSR count). The van der Waals surface area contributed by atoms with Crippen molar-refractivity contribution in [2.45, 2.75) is 45.2 Å². The fourth-order valence-corrected chi connectivity index (χ4v) is 3.55. The Morgan fingerprint density at radius 1 is 1.38 bits per heavy atom. The second-order valence-electron chi connectivity index (χ2n) is 6.23. The predicted octanol–water partition coefficient (Wildman–Crippen LogP) is 3.26. The Bertz CT molecular complexity index is 453. The van der Waals surface area contributed by atoms with Gasteiger partial charge in [0.2, 0.25) is 0 Å². The average molecular weight is 354 g/mol.